The van der Waals surface area contributed by atoms with Gasteiger partial charge in [-0.2, -0.15) is 0 Å². The fourth-order valence-electron chi connectivity index (χ4n) is 3.06. The average molecular weight is 456 g/mol. The number of anilines is 3. The third kappa shape index (κ3) is 4.75. The number of imidazole rings is 1. The van der Waals surface area contributed by atoms with E-state index in [0.29, 0.717) is 23.5 Å². The predicted octanol–water partition coefficient (Wildman–Crippen LogP) is 4.25. The van der Waals surface area contributed by atoms with Gasteiger partial charge in [-0.15, -0.1) is 0 Å². The van der Waals surface area contributed by atoms with Crippen LogP contribution in [-0.2, 0) is 10.0 Å². The van der Waals surface area contributed by atoms with Crippen molar-refractivity contribution in [1.82, 2.24) is 9.55 Å². The van der Waals surface area contributed by atoms with Crippen molar-refractivity contribution < 1.29 is 13.2 Å². The minimum absolute atomic E-state index is 0.375. The molecule has 1 unspecified atom stereocenters. The van der Waals surface area contributed by atoms with Crippen molar-refractivity contribution in [3.63, 3.8) is 0 Å². The molecule has 3 aromatic rings. The third-order valence-electron chi connectivity index (χ3n) is 4.73. The molecule has 0 aliphatic carbocycles. The lowest BCUT2D eigenvalue weighted by Gasteiger charge is -2.23. The molecular formula is C21H21N5O3S2. The molecule has 2 aromatic carbocycles. The molecule has 2 N–H and O–H groups in total. The lowest BCUT2D eigenvalue weighted by atomic mass is 10.3. The lowest BCUT2D eigenvalue weighted by molar-refractivity contribution is 0.262. The fraction of sp³-hybridized carbons (Fsp3) is 0.143. The van der Waals surface area contributed by atoms with E-state index in [1.165, 1.54) is 23.1 Å². The summed E-state index contributed by atoms with van der Waals surface area (Å²) in [5.74, 6) is 0. The molecule has 0 fully saturated rings. The number of nitrogens with one attached hydrogen (secondary N) is 2. The summed E-state index contributed by atoms with van der Waals surface area (Å²) < 4.78 is 28.6. The number of aromatic nitrogens is 2. The number of nitrogens with zero attached hydrogens (tertiary/aromatic N) is 3. The maximum absolute atomic E-state index is 13.1. The molecule has 1 aromatic heterocycles. The predicted molar refractivity (Wildman–Crippen MR) is 125 cm³/mol. The number of urea groups is 1. The van der Waals surface area contributed by atoms with Crippen LogP contribution in [0.2, 0.25) is 0 Å². The van der Waals surface area contributed by atoms with Crippen LogP contribution in [0.25, 0.3) is 5.03 Å². The topological polar surface area (TPSA) is 96.3 Å². The number of sulfonamides is 1. The number of carbonyl (C=O) groups is 1. The van der Waals surface area contributed by atoms with Crippen molar-refractivity contribution in [3.8, 4) is 0 Å². The van der Waals surface area contributed by atoms with Crippen molar-refractivity contribution in [2.75, 3.05) is 22.0 Å². The van der Waals surface area contributed by atoms with Gasteiger partial charge in [0.1, 0.15) is 4.58 Å². The van der Waals surface area contributed by atoms with Gasteiger partial charge in [0.15, 0.2) is 0 Å². The zero-order chi connectivity index (χ0) is 21.8. The summed E-state index contributed by atoms with van der Waals surface area (Å²) in [5.41, 5.74) is 1.76. The number of hydrogen-bond donors (Lipinski definition) is 2. The van der Waals surface area contributed by atoms with Gasteiger partial charge in [-0.1, -0.05) is 36.0 Å². The molecule has 2 heterocycles. The molecule has 0 spiro atoms. The van der Waals surface area contributed by atoms with Gasteiger partial charge in [0, 0.05) is 30.8 Å². The Hall–Kier alpha value is -3.24. The normalized spacial score (nSPS) is 15.9. The first-order valence-electron chi connectivity index (χ1n) is 9.49. The number of para-hydroxylation sites is 1. The van der Waals surface area contributed by atoms with E-state index in [9.17, 15) is 13.2 Å². The van der Waals surface area contributed by atoms with Crippen LogP contribution in [0.3, 0.4) is 0 Å². The molecule has 31 heavy (non-hydrogen) atoms. The molecule has 160 valence electrons. The van der Waals surface area contributed by atoms with E-state index >= 15 is 0 Å². The van der Waals surface area contributed by atoms with Gasteiger partial charge in [-0.3, -0.25) is 4.31 Å². The number of hydrogen-bond acceptors (Lipinski definition) is 5. The lowest BCUT2D eigenvalue weighted by Crippen LogP contribution is -2.33. The first kappa shape index (κ1) is 21.0. The number of rotatable bonds is 6. The van der Waals surface area contributed by atoms with Crippen LogP contribution in [0.1, 0.15) is 6.42 Å². The zero-order valence-electron chi connectivity index (χ0n) is 16.7. The van der Waals surface area contributed by atoms with Crippen LogP contribution >= 0.6 is 11.8 Å². The van der Waals surface area contributed by atoms with Gasteiger partial charge in [0.25, 0.3) is 0 Å². The SMILES string of the molecule is CN(c1ccc(NC(=O)Nc2ccccc2)cc1)S(=O)(=O)C1CC=C(n2ccnc2)S1. The molecule has 0 radical (unpaired) electrons. The van der Waals surface area contributed by atoms with Crippen molar-refractivity contribution in [2.24, 2.45) is 0 Å². The van der Waals surface area contributed by atoms with Crippen molar-refractivity contribution in [2.45, 2.75) is 11.0 Å². The van der Waals surface area contributed by atoms with E-state index in [1.807, 2.05) is 24.3 Å². The standard InChI is InChI=1S/C21H21N5O3S2/c1-25(31(28,29)20-12-11-19(30-20)26-14-13-22-15-26)18-9-7-17(8-10-18)24-21(27)23-16-5-3-2-4-6-16/h2-11,13-15,20H,12H2,1H3,(H2,23,24,27). The molecule has 1 aliphatic rings. The molecule has 0 saturated carbocycles. The Bertz CT molecular complexity index is 1180. The highest BCUT2D eigenvalue weighted by molar-refractivity contribution is 8.19. The van der Waals surface area contributed by atoms with Gasteiger partial charge < -0.3 is 15.2 Å². The maximum Gasteiger partial charge on any atom is 0.323 e. The Morgan fingerprint density at radius 1 is 1.10 bits per heavy atom. The monoisotopic (exact) mass is 455 g/mol. The van der Waals surface area contributed by atoms with Crippen LogP contribution < -0.4 is 14.9 Å². The van der Waals surface area contributed by atoms with Crippen LogP contribution in [0.5, 0.6) is 0 Å². The minimum Gasteiger partial charge on any atom is -0.308 e. The number of carbonyl (C=O) groups excluding carboxylic acids is 1. The largest absolute Gasteiger partial charge is 0.323 e. The van der Waals surface area contributed by atoms with Gasteiger partial charge in [-0.05, 0) is 42.8 Å². The van der Waals surface area contributed by atoms with E-state index in [0.717, 1.165) is 5.03 Å². The van der Waals surface area contributed by atoms with Crippen molar-refractivity contribution >= 4 is 49.9 Å². The number of allylic oxidation sites excluding steroid dienone is 1. The fourth-order valence-corrected chi connectivity index (χ4v) is 6.22. The summed E-state index contributed by atoms with van der Waals surface area (Å²) in [7, 11) is -2.04. The Balaban J connectivity index is 1.38. The summed E-state index contributed by atoms with van der Waals surface area (Å²) in [5, 5.41) is 6.32. The quantitative estimate of drug-likeness (QED) is 0.579. The highest BCUT2D eigenvalue weighted by Gasteiger charge is 2.34. The molecule has 1 atom stereocenters. The summed E-state index contributed by atoms with van der Waals surface area (Å²) >= 11 is 1.30. The highest BCUT2D eigenvalue weighted by Crippen LogP contribution is 2.40. The van der Waals surface area contributed by atoms with E-state index in [4.69, 9.17) is 0 Å². The van der Waals surface area contributed by atoms with Crippen LogP contribution in [0, 0.1) is 0 Å². The Kier molecular flexibility index (Phi) is 6.01. The first-order chi connectivity index (χ1) is 14.9. The van der Waals surface area contributed by atoms with Gasteiger partial charge in [0.05, 0.1) is 17.0 Å². The Morgan fingerprint density at radius 3 is 2.42 bits per heavy atom. The van der Waals surface area contributed by atoms with E-state index in [1.54, 1.807) is 59.7 Å². The Labute approximate surface area is 185 Å². The highest BCUT2D eigenvalue weighted by atomic mass is 32.3. The molecule has 8 nitrogen and oxygen atoms in total. The van der Waals surface area contributed by atoms with Crippen LogP contribution in [0.4, 0.5) is 21.9 Å². The summed E-state index contributed by atoms with van der Waals surface area (Å²) in [6, 6.07) is 15.4. The second-order valence-corrected chi connectivity index (χ2v) is 10.5. The summed E-state index contributed by atoms with van der Waals surface area (Å²) in [4.78, 5) is 16.1. The van der Waals surface area contributed by atoms with Crippen molar-refractivity contribution in [3.05, 3.63) is 79.4 Å². The smallest absolute Gasteiger partial charge is 0.308 e. The van der Waals surface area contributed by atoms with Crippen molar-refractivity contribution in [1.29, 1.82) is 0 Å². The van der Waals surface area contributed by atoms with Crippen LogP contribution in [-0.4, -0.2) is 35.6 Å². The number of benzene rings is 2. The van der Waals surface area contributed by atoms with Crippen LogP contribution in [0.15, 0.2) is 79.4 Å². The molecule has 10 heteroatoms. The Morgan fingerprint density at radius 2 is 1.77 bits per heavy atom. The zero-order valence-corrected chi connectivity index (χ0v) is 18.3. The molecule has 2 amide bonds. The van der Waals surface area contributed by atoms with E-state index in [-0.39, 0.29) is 6.03 Å². The second-order valence-electron chi connectivity index (χ2n) is 6.80. The van der Waals surface area contributed by atoms with E-state index < -0.39 is 14.6 Å². The molecule has 4 rings (SSSR count). The number of amides is 2. The maximum atomic E-state index is 13.1. The average Bonchev–Trinajstić information content (AvgIpc) is 3.46. The molecule has 0 saturated heterocycles. The third-order valence-corrected chi connectivity index (χ3v) is 8.65. The number of thioether (sulfide) groups is 1. The first-order valence-corrected chi connectivity index (χ1v) is 11.9. The summed E-state index contributed by atoms with van der Waals surface area (Å²) in [6.07, 6.45) is 7.42. The van der Waals surface area contributed by atoms with Gasteiger partial charge in [-0.25, -0.2) is 18.2 Å². The summed E-state index contributed by atoms with van der Waals surface area (Å²) in [6.45, 7) is 0. The second kappa shape index (κ2) is 8.86. The molecule has 1 aliphatic heterocycles. The van der Waals surface area contributed by atoms with E-state index in [2.05, 4.69) is 15.6 Å². The van der Waals surface area contributed by atoms with Gasteiger partial charge in [0.2, 0.25) is 10.0 Å². The molecular weight excluding hydrogens is 434 g/mol. The minimum atomic E-state index is -3.58. The van der Waals surface area contributed by atoms with Gasteiger partial charge >= 0.3 is 6.03 Å². The molecule has 0 bridgehead atoms.